The topological polar surface area (TPSA) is 108 Å². The quantitative estimate of drug-likeness (QED) is 0.646. The molecule has 7 heteroatoms. The molecule has 3 N–H and O–H groups in total. The van der Waals surface area contributed by atoms with Crippen LogP contribution in [-0.4, -0.2) is 27.9 Å². The molecule has 0 saturated heterocycles. The third-order valence-electron chi connectivity index (χ3n) is 3.64. The fourth-order valence-corrected chi connectivity index (χ4v) is 2.31. The molecule has 3 aromatic rings. The Morgan fingerprint density at radius 2 is 1.26 bits per heavy atom. The predicted octanol–water partition coefficient (Wildman–Crippen LogP) is 3.28. The molecule has 0 fully saturated rings. The Labute approximate surface area is 154 Å². The fourth-order valence-electron chi connectivity index (χ4n) is 2.31. The van der Waals surface area contributed by atoms with Gasteiger partial charge in [-0.05, 0) is 48.5 Å². The molecule has 2 amide bonds. The fraction of sp³-hybridized carbons (Fsp3) is 0. The number of nitrogens with one attached hydrogen (secondary N) is 2. The van der Waals surface area contributed by atoms with Crippen LogP contribution < -0.4 is 10.6 Å². The first-order chi connectivity index (χ1) is 13.0. The van der Waals surface area contributed by atoms with Crippen LogP contribution in [0.2, 0.25) is 0 Å². The number of aromatic nitrogens is 1. The number of amides is 2. The smallest absolute Gasteiger partial charge is 0.354 e. The van der Waals surface area contributed by atoms with Crippen LogP contribution in [-0.2, 0) is 0 Å². The molecule has 134 valence electrons. The van der Waals surface area contributed by atoms with Crippen molar-refractivity contribution in [1.82, 2.24) is 4.98 Å². The lowest BCUT2D eigenvalue weighted by molar-refractivity contribution is 0.0690. The molecule has 0 spiro atoms. The number of carboxylic acid groups (broad SMARTS) is 1. The van der Waals surface area contributed by atoms with E-state index < -0.39 is 11.9 Å². The minimum Gasteiger partial charge on any atom is -0.477 e. The number of carboxylic acids is 1. The van der Waals surface area contributed by atoms with Crippen LogP contribution in [0.1, 0.15) is 31.3 Å². The van der Waals surface area contributed by atoms with E-state index in [9.17, 15) is 14.4 Å². The number of carbonyl (C=O) groups is 3. The van der Waals surface area contributed by atoms with Crippen molar-refractivity contribution in [2.24, 2.45) is 0 Å². The highest BCUT2D eigenvalue weighted by atomic mass is 16.4. The van der Waals surface area contributed by atoms with Crippen molar-refractivity contribution < 1.29 is 19.5 Å². The number of carbonyl (C=O) groups excluding carboxylic acids is 2. The maximum Gasteiger partial charge on any atom is 0.354 e. The van der Waals surface area contributed by atoms with Gasteiger partial charge in [0.15, 0.2) is 0 Å². The Bertz CT molecular complexity index is 986. The van der Waals surface area contributed by atoms with E-state index >= 15 is 0 Å². The maximum atomic E-state index is 12.2. The molecule has 3 rings (SSSR count). The van der Waals surface area contributed by atoms with E-state index in [4.69, 9.17) is 5.11 Å². The molecular weight excluding hydrogens is 346 g/mol. The van der Waals surface area contributed by atoms with Gasteiger partial charge in [-0.15, -0.1) is 0 Å². The average molecular weight is 361 g/mol. The Balaban J connectivity index is 1.67. The number of anilines is 2. The molecular formula is C20H15N3O4. The minimum absolute atomic E-state index is 0.0132. The number of para-hydroxylation sites is 1. The van der Waals surface area contributed by atoms with Crippen LogP contribution in [0, 0.1) is 0 Å². The summed E-state index contributed by atoms with van der Waals surface area (Å²) in [5, 5.41) is 14.3. The summed E-state index contributed by atoms with van der Waals surface area (Å²) in [4.78, 5) is 39.1. The van der Waals surface area contributed by atoms with Crippen molar-refractivity contribution in [2.75, 3.05) is 10.6 Å². The van der Waals surface area contributed by atoms with Crippen LogP contribution in [0.5, 0.6) is 0 Å². The van der Waals surface area contributed by atoms with Crippen molar-refractivity contribution in [1.29, 1.82) is 0 Å². The van der Waals surface area contributed by atoms with Crippen molar-refractivity contribution >= 4 is 29.2 Å². The lowest BCUT2D eigenvalue weighted by Crippen LogP contribution is -2.16. The summed E-state index contributed by atoms with van der Waals surface area (Å²) in [6.07, 6.45) is 0. The Morgan fingerprint density at radius 1 is 0.667 bits per heavy atom. The Hall–Kier alpha value is -4.00. The summed E-state index contributed by atoms with van der Waals surface area (Å²) >= 11 is 0. The van der Waals surface area contributed by atoms with Crippen molar-refractivity contribution in [3.8, 4) is 0 Å². The first-order valence-electron chi connectivity index (χ1n) is 8.01. The Kier molecular flexibility index (Phi) is 5.22. The lowest BCUT2D eigenvalue weighted by Gasteiger charge is -2.08. The number of rotatable bonds is 5. The molecule has 1 heterocycles. The van der Waals surface area contributed by atoms with E-state index in [-0.39, 0.29) is 17.3 Å². The summed E-state index contributed by atoms with van der Waals surface area (Å²) in [7, 11) is 0. The van der Waals surface area contributed by atoms with Crippen LogP contribution >= 0.6 is 0 Å². The molecule has 7 nitrogen and oxygen atoms in total. The number of aromatic carboxylic acids is 1. The lowest BCUT2D eigenvalue weighted by atomic mass is 10.2. The first kappa shape index (κ1) is 17.8. The first-order valence-corrected chi connectivity index (χ1v) is 8.01. The van der Waals surface area contributed by atoms with Gasteiger partial charge >= 0.3 is 5.97 Å². The molecule has 0 saturated carbocycles. The second kappa shape index (κ2) is 7.92. The summed E-state index contributed by atoms with van der Waals surface area (Å²) in [6.45, 7) is 0. The number of hydrogen-bond donors (Lipinski definition) is 3. The number of nitrogens with zero attached hydrogens (tertiary/aromatic N) is 1. The van der Waals surface area contributed by atoms with Gasteiger partial charge < -0.3 is 15.7 Å². The van der Waals surface area contributed by atoms with Gasteiger partial charge in [0.25, 0.3) is 11.8 Å². The van der Waals surface area contributed by atoms with Crippen LogP contribution in [0.4, 0.5) is 11.4 Å². The molecule has 0 atom stereocenters. The molecule has 0 unspecified atom stereocenters. The molecule has 0 aliphatic rings. The maximum absolute atomic E-state index is 12.2. The molecule has 0 aliphatic carbocycles. The summed E-state index contributed by atoms with van der Waals surface area (Å²) in [6, 6.07) is 19.6. The standard InChI is InChI=1S/C20H15N3O4/c24-18(21-14-5-2-1-3-6-14)13-9-11-15(12-10-13)22-19(25)16-7-4-8-17(23-16)20(26)27/h1-12H,(H,21,24)(H,22,25)(H,26,27). The molecule has 2 aromatic carbocycles. The van der Waals surface area contributed by atoms with Crippen molar-refractivity contribution in [3.63, 3.8) is 0 Å². The number of benzene rings is 2. The molecule has 0 radical (unpaired) electrons. The molecule has 27 heavy (non-hydrogen) atoms. The third kappa shape index (κ3) is 4.55. The molecule has 0 bridgehead atoms. The highest BCUT2D eigenvalue weighted by Gasteiger charge is 2.12. The van der Waals surface area contributed by atoms with Gasteiger partial charge in [0, 0.05) is 16.9 Å². The van der Waals surface area contributed by atoms with E-state index in [2.05, 4.69) is 15.6 Å². The highest BCUT2D eigenvalue weighted by Crippen LogP contribution is 2.13. The summed E-state index contributed by atoms with van der Waals surface area (Å²) < 4.78 is 0. The zero-order valence-electron chi connectivity index (χ0n) is 14.0. The van der Waals surface area contributed by atoms with Crippen LogP contribution in [0.15, 0.2) is 72.8 Å². The van der Waals surface area contributed by atoms with Crippen LogP contribution in [0.3, 0.4) is 0 Å². The monoisotopic (exact) mass is 361 g/mol. The normalized spacial score (nSPS) is 10.1. The highest BCUT2D eigenvalue weighted by molar-refractivity contribution is 6.06. The zero-order chi connectivity index (χ0) is 19.2. The molecule has 0 aliphatic heterocycles. The van der Waals surface area contributed by atoms with Gasteiger partial charge in [0.2, 0.25) is 0 Å². The summed E-state index contributed by atoms with van der Waals surface area (Å²) in [5.74, 6) is -2.02. The van der Waals surface area contributed by atoms with E-state index in [1.54, 1.807) is 36.4 Å². The second-order valence-corrected chi connectivity index (χ2v) is 5.56. The van der Waals surface area contributed by atoms with Gasteiger partial charge in [-0.25, -0.2) is 9.78 Å². The van der Waals surface area contributed by atoms with Gasteiger partial charge in [0.05, 0.1) is 0 Å². The van der Waals surface area contributed by atoms with Gasteiger partial charge in [-0.2, -0.15) is 0 Å². The number of pyridine rings is 1. The zero-order valence-corrected chi connectivity index (χ0v) is 14.0. The van der Waals surface area contributed by atoms with Gasteiger partial charge in [-0.1, -0.05) is 24.3 Å². The van der Waals surface area contributed by atoms with E-state index in [1.165, 1.54) is 18.2 Å². The van der Waals surface area contributed by atoms with Crippen molar-refractivity contribution in [2.45, 2.75) is 0 Å². The largest absolute Gasteiger partial charge is 0.477 e. The SMILES string of the molecule is O=C(Nc1ccccc1)c1ccc(NC(=O)c2cccc(C(=O)O)n2)cc1. The van der Waals surface area contributed by atoms with E-state index in [0.29, 0.717) is 16.9 Å². The second-order valence-electron chi connectivity index (χ2n) is 5.56. The average Bonchev–Trinajstić information content (AvgIpc) is 2.69. The minimum atomic E-state index is -1.21. The van der Waals surface area contributed by atoms with Crippen molar-refractivity contribution in [3.05, 3.63) is 89.7 Å². The molecule has 1 aromatic heterocycles. The number of hydrogen-bond acceptors (Lipinski definition) is 4. The van der Waals surface area contributed by atoms with Gasteiger partial charge in [0.1, 0.15) is 11.4 Å². The van der Waals surface area contributed by atoms with Gasteiger partial charge in [-0.3, -0.25) is 9.59 Å². The Morgan fingerprint density at radius 3 is 1.93 bits per heavy atom. The van der Waals surface area contributed by atoms with E-state index in [0.717, 1.165) is 0 Å². The summed E-state index contributed by atoms with van der Waals surface area (Å²) in [5.41, 5.74) is 1.35. The third-order valence-corrected chi connectivity index (χ3v) is 3.64. The van der Waals surface area contributed by atoms with E-state index in [1.807, 2.05) is 18.2 Å². The predicted molar refractivity (Wildman–Crippen MR) is 100.0 cm³/mol. The van der Waals surface area contributed by atoms with Crippen LogP contribution in [0.25, 0.3) is 0 Å².